The van der Waals surface area contributed by atoms with Crippen LogP contribution in [0, 0.1) is 0 Å². The lowest BCUT2D eigenvalue weighted by Crippen LogP contribution is -2.04. The number of hydrogen-bond donors (Lipinski definition) is 1. The average molecular weight is 344 g/mol. The largest absolute Gasteiger partial charge is 0.476 e. The first-order valence-corrected chi connectivity index (χ1v) is 6.86. The molecule has 0 atom stereocenters. The van der Waals surface area contributed by atoms with Crippen molar-refractivity contribution < 1.29 is 9.90 Å². The number of carboxylic acid groups (broad SMARTS) is 1. The van der Waals surface area contributed by atoms with Gasteiger partial charge >= 0.3 is 5.97 Å². The van der Waals surface area contributed by atoms with E-state index in [1.807, 2.05) is 13.8 Å². The van der Waals surface area contributed by atoms with Gasteiger partial charge in [-0.3, -0.25) is 0 Å². The molecule has 0 aliphatic carbocycles. The summed E-state index contributed by atoms with van der Waals surface area (Å²) in [6, 6.07) is 7.10. The van der Waals surface area contributed by atoms with Gasteiger partial charge in [0.1, 0.15) is 0 Å². The average Bonchev–Trinajstić information content (AvgIpc) is 2.68. The quantitative estimate of drug-likeness (QED) is 0.912. The maximum atomic E-state index is 11.2. The number of aromatic nitrogens is 2. The summed E-state index contributed by atoms with van der Waals surface area (Å²) in [7, 11) is 0. The van der Waals surface area contributed by atoms with Crippen molar-refractivity contribution in [3.05, 3.63) is 45.1 Å². The SMILES string of the molecule is CC(C)c1c(Br)c(C(=O)O)nn1-c1ccc(Cl)cc1. The lowest BCUT2D eigenvalue weighted by Gasteiger charge is -2.10. The van der Waals surface area contributed by atoms with E-state index in [4.69, 9.17) is 16.7 Å². The van der Waals surface area contributed by atoms with E-state index in [1.54, 1.807) is 28.9 Å². The number of aromatic carboxylic acids is 1. The third-order valence-corrected chi connectivity index (χ3v) is 3.72. The third-order valence-electron chi connectivity index (χ3n) is 2.68. The molecule has 0 aliphatic rings. The molecular formula is C13H12BrClN2O2. The first kappa shape index (κ1) is 14.1. The molecule has 1 aromatic heterocycles. The molecule has 1 aromatic carbocycles. The Morgan fingerprint density at radius 2 is 1.95 bits per heavy atom. The summed E-state index contributed by atoms with van der Waals surface area (Å²) in [5, 5.41) is 13.9. The van der Waals surface area contributed by atoms with Gasteiger partial charge in [0.05, 0.1) is 15.9 Å². The Bertz CT molecular complexity index is 620. The van der Waals surface area contributed by atoms with E-state index in [1.165, 1.54) is 0 Å². The smallest absolute Gasteiger partial charge is 0.357 e. The zero-order valence-corrected chi connectivity index (χ0v) is 12.7. The van der Waals surface area contributed by atoms with E-state index < -0.39 is 5.97 Å². The van der Waals surface area contributed by atoms with Gasteiger partial charge in [-0.25, -0.2) is 9.48 Å². The molecule has 0 fully saturated rings. The van der Waals surface area contributed by atoms with Crippen LogP contribution in [0.3, 0.4) is 0 Å². The van der Waals surface area contributed by atoms with Crippen molar-refractivity contribution >= 4 is 33.5 Å². The fraction of sp³-hybridized carbons (Fsp3) is 0.231. The molecule has 100 valence electrons. The van der Waals surface area contributed by atoms with E-state index in [0.717, 1.165) is 11.4 Å². The van der Waals surface area contributed by atoms with Crippen LogP contribution in [0.5, 0.6) is 0 Å². The van der Waals surface area contributed by atoms with Crippen LogP contribution in [-0.2, 0) is 0 Å². The van der Waals surface area contributed by atoms with Crippen LogP contribution in [0.15, 0.2) is 28.7 Å². The highest BCUT2D eigenvalue weighted by atomic mass is 79.9. The van der Waals surface area contributed by atoms with Crippen LogP contribution in [0.1, 0.15) is 35.9 Å². The summed E-state index contributed by atoms with van der Waals surface area (Å²) in [4.78, 5) is 11.2. The Morgan fingerprint density at radius 1 is 1.37 bits per heavy atom. The van der Waals surface area contributed by atoms with Crippen molar-refractivity contribution in [3.63, 3.8) is 0 Å². The Hall–Kier alpha value is -1.33. The van der Waals surface area contributed by atoms with E-state index in [-0.39, 0.29) is 11.6 Å². The topological polar surface area (TPSA) is 55.1 Å². The maximum absolute atomic E-state index is 11.2. The zero-order valence-electron chi connectivity index (χ0n) is 10.4. The van der Waals surface area contributed by atoms with Crippen molar-refractivity contribution in [2.45, 2.75) is 19.8 Å². The Morgan fingerprint density at radius 3 is 2.42 bits per heavy atom. The van der Waals surface area contributed by atoms with E-state index in [2.05, 4.69) is 21.0 Å². The molecule has 1 N–H and O–H groups in total. The van der Waals surface area contributed by atoms with Crippen molar-refractivity contribution in [3.8, 4) is 5.69 Å². The molecule has 0 saturated carbocycles. The third kappa shape index (κ3) is 2.67. The van der Waals surface area contributed by atoms with Crippen molar-refractivity contribution in [1.29, 1.82) is 0 Å². The number of nitrogens with zero attached hydrogens (tertiary/aromatic N) is 2. The molecule has 0 amide bonds. The first-order valence-electron chi connectivity index (χ1n) is 5.69. The highest BCUT2D eigenvalue weighted by Gasteiger charge is 2.23. The van der Waals surface area contributed by atoms with E-state index in [0.29, 0.717) is 9.50 Å². The van der Waals surface area contributed by atoms with Gasteiger partial charge in [-0.2, -0.15) is 5.10 Å². The molecule has 4 nitrogen and oxygen atoms in total. The highest BCUT2D eigenvalue weighted by molar-refractivity contribution is 9.10. The number of hydrogen-bond acceptors (Lipinski definition) is 2. The summed E-state index contributed by atoms with van der Waals surface area (Å²) >= 11 is 9.18. The van der Waals surface area contributed by atoms with Gasteiger partial charge in [0, 0.05) is 5.02 Å². The standard InChI is InChI=1S/C13H12BrClN2O2/c1-7(2)12-10(14)11(13(18)19)16-17(12)9-5-3-8(15)4-6-9/h3-7H,1-2H3,(H,18,19). The molecule has 0 radical (unpaired) electrons. The van der Waals surface area contributed by atoms with Crippen molar-refractivity contribution in [1.82, 2.24) is 9.78 Å². The van der Waals surface area contributed by atoms with Crippen LogP contribution >= 0.6 is 27.5 Å². The maximum Gasteiger partial charge on any atom is 0.357 e. The van der Waals surface area contributed by atoms with Gasteiger partial charge in [0.15, 0.2) is 5.69 Å². The van der Waals surface area contributed by atoms with E-state index >= 15 is 0 Å². The molecule has 1 heterocycles. The zero-order chi connectivity index (χ0) is 14.2. The summed E-state index contributed by atoms with van der Waals surface area (Å²) in [5.74, 6) is -0.924. The molecule has 0 unspecified atom stereocenters. The first-order chi connectivity index (χ1) is 8.91. The van der Waals surface area contributed by atoms with Gasteiger partial charge < -0.3 is 5.11 Å². The van der Waals surface area contributed by atoms with Crippen molar-refractivity contribution in [2.24, 2.45) is 0 Å². The summed E-state index contributed by atoms with van der Waals surface area (Å²) in [6.45, 7) is 3.97. The molecule has 2 aromatic rings. The number of halogens is 2. The van der Waals surface area contributed by atoms with Gasteiger partial charge in [0.25, 0.3) is 0 Å². The van der Waals surface area contributed by atoms with Gasteiger partial charge in [-0.05, 0) is 46.1 Å². The molecule has 2 rings (SSSR count). The van der Waals surface area contributed by atoms with E-state index in [9.17, 15) is 4.79 Å². The predicted molar refractivity (Wildman–Crippen MR) is 77.3 cm³/mol. The fourth-order valence-corrected chi connectivity index (χ4v) is 2.83. The monoisotopic (exact) mass is 342 g/mol. The predicted octanol–water partition coefficient (Wildman–Crippen LogP) is 4.11. The minimum atomic E-state index is -1.05. The van der Waals surface area contributed by atoms with Crippen LogP contribution in [0.4, 0.5) is 0 Å². The second-order valence-electron chi connectivity index (χ2n) is 4.40. The second-order valence-corrected chi connectivity index (χ2v) is 5.63. The highest BCUT2D eigenvalue weighted by Crippen LogP contribution is 2.30. The Labute approximate surface area is 124 Å². The molecule has 0 spiro atoms. The minimum Gasteiger partial charge on any atom is -0.476 e. The summed E-state index contributed by atoms with van der Waals surface area (Å²) < 4.78 is 2.15. The van der Waals surface area contributed by atoms with Crippen LogP contribution in [0.25, 0.3) is 5.69 Å². The molecule has 0 aliphatic heterocycles. The lowest BCUT2D eigenvalue weighted by atomic mass is 10.1. The molecule has 6 heteroatoms. The van der Waals surface area contributed by atoms with Gasteiger partial charge in [0.2, 0.25) is 0 Å². The number of rotatable bonds is 3. The number of benzene rings is 1. The molecule has 19 heavy (non-hydrogen) atoms. The second kappa shape index (κ2) is 5.35. The fourth-order valence-electron chi connectivity index (χ4n) is 1.83. The van der Waals surface area contributed by atoms with Gasteiger partial charge in [-0.1, -0.05) is 25.4 Å². The minimum absolute atomic E-state index is 0.0126. The van der Waals surface area contributed by atoms with Crippen LogP contribution in [0.2, 0.25) is 5.02 Å². The lowest BCUT2D eigenvalue weighted by molar-refractivity contribution is 0.0689. The Balaban J connectivity index is 2.65. The number of carbonyl (C=O) groups is 1. The summed E-state index contributed by atoms with van der Waals surface area (Å²) in [5.41, 5.74) is 1.61. The number of carboxylic acids is 1. The van der Waals surface area contributed by atoms with Gasteiger partial charge in [-0.15, -0.1) is 0 Å². The molecule has 0 bridgehead atoms. The van der Waals surface area contributed by atoms with Crippen LogP contribution < -0.4 is 0 Å². The molecule has 0 saturated heterocycles. The summed E-state index contributed by atoms with van der Waals surface area (Å²) in [6.07, 6.45) is 0. The Kier molecular flexibility index (Phi) is 3.96. The van der Waals surface area contributed by atoms with Crippen LogP contribution in [-0.4, -0.2) is 20.9 Å². The van der Waals surface area contributed by atoms with Crippen molar-refractivity contribution in [2.75, 3.05) is 0 Å². The molecular weight excluding hydrogens is 332 g/mol. The normalized spacial score (nSPS) is 11.0.